The summed E-state index contributed by atoms with van der Waals surface area (Å²) in [7, 11) is 0. The highest BCUT2D eigenvalue weighted by atomic mass is 19.4. The SMILES string of the molecule is CCC(C)NC(=O)Cn1nnc(C(=O)O)c1C(F)(F)F. The molecule has 10 heteroatoms. The van der Waals surface area contributed by atoms with Crippen molar-refractivity contribution in [1.29, 1.82) is 0 Å². The Bertz CT molecular complexity index is 512. The van der Waals surface area contributed by atoms with Gasteiger partial charge in [0.2, 0.25) is 11.6 Å². The van der Waals surface area contributed by atoms with Crippen LogP contribution in [0.25, 0.3) is 0 Å². The number of carbonyl (C=O) groups excluding carboxylic acids is 1. The molecule has 0 saturated carbocycles. The molecule has 1 rings (SSSR count). The number of aromatic nitrogens is 3. The van der Waals surface area contributed by atoms with E-state index in [1.54, 1.807) is 13.8 Å². The lowest BCUT2D eigenvalue weighted by Gasteiger charge is -2.13. The molecule has 0 bridgehead atoms. The van der Waals surface area contributed by atoms with Crippen molar-refractivity contribution < 1.29 is 27.9 Å². The number of hydrogen-bond donors (Lipinski definition) is 2. The lowest BCUT2D eigenvalue weighted by atomic mass is 10.2. The molecule has 1 atom stereocenters. The molecular formula is C10H13F3N4O3. The maximum absolute atomic E-state index is 12.8. The monoisotopic (exact) mass is 294 g/mol. The van der Waals surface area contributed by atoms with Crippen molar-refractivity contribution in [3.63, 3.8) is 0 Å². The van der Waals surface area contributed by atoms with Crippen molar-refractivity contribution in [3.05, 3.63) is 11.4 Å². The number of rotatable bonds is 5. The standard InChI is InChI=1S/C10H13F3N4O3/c1-3-5(2)14-6(18)4-17-8(10(11,12)13)7(9(19)20)15-16-17/h5H,3-4H2,1-2H3,(H,14,18)(H,19,20). The summed E-state index contributed by atoms with van der Waals surface area (Å²) < 4.78 is 38.6. The number of aromatic carboxylic acids is 1. The van der Waals surface area contributed by atoms with E-state index in [-0.39, 0.29) is 10.7 Å². The Kier molecular flexibility index (Phi) is 4.69. The fraction of sp³-hybridized carbons (Fsp3) is 0.600. The number of alkyl halides is 3. The number of carboxylic acid groups (broad SMARTS) is 1. The van der Waals surface area contributed by atoms with Crippen LogP contribution in [0.5, 0.6) is 0 Å². The Morgan fingerprint density at radius 1 is 1.45 bits per heavy atom. The third kappa shape index (κ3) is 3.68. The second kappa shape index (κ2) is 5.88. The predicted molar refractivity (Wildman–Crippen MR) is 59.9 cm³/mol. The van der Waals surface area contributed by atoms with Crippen LogP contribution < -0.4 is 5.32 Å². The summed E-state index contributed by atoms with van der Waals surface area (Å²) in [6.45, 7) is 2.73. The molecule has 2 N–H and O–H groups in total. The van der Waals surface area contributed by atoms with Gasteiger partial charge in [0.15, 0.2) is 5.69 Å². The first-order chi connectivity index (χ1) is 9.16. The number of hydrogen-bond acceptors (Lipinski definition) is 4. The van der Waals surface area contributed by atoms with E-state index >= 15 is 0 Å². The van der Waals surface area contributed by atoms with Crippen molar-refractivity contribution in [2.45, 2.75) is 39.0 Å². The molecule has 1 aromatic rings. The zero-order valence-electron chi connectivity index (χ0n) is 10.7. The van der Waals surface area contributed by atoms with Gasteiger partial charge in [-0.25, -0.2) is 9.48 Å². The van der Waals surface area contributed by atoms with E-state index in [1.807, 2.05) is 0 Å². The van der Waals surface area contributed by atoms with Crippen molar-refractivity contribution in [2.75, 3.05) is 0 Å². The lowest BCUT2D eigenvalue weighted by Crippen LogP contribution is -2.35. The van der Waals surface area contributed by atoms with Crippen molar-refractivity contribution in [2.24, 2.45) is 0 Å². The lowest BCUT2D eigenvalue weighted by molar-refractivity contribution is -0.145. The van der Waals surface area contributed by atoms with Crippen molar-refractivity contribution in [3.8, 4) is 0 Å². The summed E-state index contributed by atoms with van der Waals surface area (Å²) in [5.74, 6) is -2.56. The van der Waals surface area contributed by atoms with E-state index in [1.165, 1.54) is 0 Å². The molecule has 1 aromatic heterocycles. The van der Waals surface area contributed by atoms with E-state index in [2.05, 4.69) is 15.6 Å². The number of halogens is 3. The van der Waals surface area contributed by atoms with Crippen molar-refractivity contribution in [1.82, 2.24) is 20.3 Å². The molecule has 0 aliphatic carbocycles. The fourth-order valence-electron chi connectivity index (χ4n) is 1.41. The molecule has 0 aromatic carbocycles. The van der Waals surface area contributed by atoms with Crippen LogP contribution in [-0.2, 0) is 17.5 Å². The van der Waals surface area contributed by atoms with Gasteiger partial charge in [0.1, 0.15) is 6.54 Å². The van der Waals surface area contributed by atoms with Gasteiger partial charge < -0.3 is 10.4 Å². The van der Waals surface area contributed by atoms with Gasteiger partial charge in [-0.15, -0.1) is 5.10 Å². The van der Waals surface area contributed by atoms with Crippen LogP contribution in [0.3, 0.4) is 0 Å². The molecule has 1 amide bonds. The van der Waals surface area contributed by atoms with Crippen molar-refractivity contribution >= 4 is 11.9 Å². The van der Waals surface area contributed by atoms with E-state index in [9.17, 15) is 22.8 Å². The predicted octanol–water partition coefficient (Wildman–Crippen LogP) is 0.910. The molecule has 7 nitrogen and oxygen atoms in total. The molecule has 0 aliphatic rings. The number of nitrogens with zero attached hydrogens (tertiary/aromatic N) is 3. The number of nitrogens with one attached hydrogen (secondary N) is 1. The quantitative estimate of drug-likeness (QED) is 0.841. The number of carboxylic acids is 1. The highest BCUT2D eigenvalue weighted by molar-refractivity contribution is 5.87. The summed E-state index contributed by atoms with van der Waals surface area (Å²) in [4.78, 5) is 22.2. The normalized spacial score (nSPS) is 13.1. The van der Waals surface area contributed by atoms with Gasteiger partial charge in [-0.1, -0.05) is 12.1 Å². The molecule has 0 spiro atoms. The zero-order chi connectivity index (χ0) is 15.5. The van der Waals surface area contributed by atoms with Crippen LogP contribution in [-0.4, -0.2) is 38.0 Å². The molecule has 0 fully saturated rings. The second-order valence-corrected chi connectivity index (χ2v) is 4.12. The summed E-state index contributed by atoms with van der Waals surface area (Å²) in [5, 5.41) is 17.1. The Balaban J connectivity index is 3.02. The second-order valence-electron chi connectivity index (χ2n) is 4.12. The Morgan fingerprint density at radius 3 is 2.50 bits per heavy atom. The van der Waals surface area contributed by atoms with Gasteiger partial charge in [-0.2, -0.15) is 13.2 Å². The maximum atomic E-state index is 12.8. The first-order valence-electron chi connectivity index (χ1n) is 5.70. The molecule has 1 heterocycles. The summed E-state index contributed by atoms with van der Waals surface area (Å²) >= 11 is 0. The Hall–Kier alpha value is -2.13. The Morgan fingerprint density at radius 2 is 2.05 bits per heavy atom. The first-order valence-corrected chi connectivity index (χ1v) is 5.70. The molecule has 0 radical (unpaired) electrons. The van der Waals surface area contributed by atoms with Crippen LogP contribution in [0.1, 0.15) is 36.5 Å². The minimum atomic E-state index is -4.96. The van der Waals surface area contributed by atoms with Gasteiger partial charge in [0, 0.05) is 6.04 Å². The van der Waals surface area contributed by atoms with Gasteiger partial charge in [0.05, 0.1) is 0 Å². The van der Waals surface area contributed by atoms with Crippen LogP contribution in [0.15, 0.2) is 0 Å². The molecule has 20 heavy (non-hydrogen) atoms. The smallest absolute Gasteiger partial charge is 0.435 e. The van der Waals surface area contributed by atoms with Gasteiger partial charge >= 0.3 is 12.1 Å². The van der Waals surface area contributed by atoms with Crippen LogP contribution in [0.4, 0.5) is 13.2 Å². The largest absolute Gasteiger partial charge is 0.476 e. The minimum absolute atomic E-state index is 0.209. The van der Waals surface area contributed by atoms with Gasteiger partial charge in [0.25, 0.3) is 0 Å². The topological polar surface area (TPSA) is 97.1 Å². The Labute approximate surface area is 111 Å². The summed E-state index contributed by atoms with van der Waals surface area (Å²) in [6, 6.07) is -0.209. The third-order valence-corrected chi connectivity index (χ3v) is 2.52. The minimum Gasteiger partial charge on any atom is -0.476 e. The summed E-state index contributed by atoms with van der Waals surface area (Å²) in [5.41, 5.74) is -2.78. The highest BCUT2D eigenvalue weighted by Gasteiger charge is 2.41. The van der Waals surface area contributed by atoms with Crippen LogP contribution in [0, 0.1) is 0 Å². The van der Waals surface area contributed by atoms with Crippen LogP contribution >= 0.6 is 0 Å². The average molecular weight is 294 g/mol. The molecule has 0 saturated heterocycles. The van der Waals surface area contributed by atoms with Crippen LogP contribution in [0.2, 0.25) is 0 Å². The molecule has 1 unspecified atom stereocenters. The van der Waals surface area contributed by atoms with Gasteiger partial charge in [-0.3, -0.25) is 4.79 Å². The van der Waals surface area contributed by atoms with E-state index in [0.29, 0.717) is 6.42 Å². The van der Waals surface area contributed by atoms with E-state index < -0.39 is 36.0 Å². The first kappa shape index (κ1) is 15.9. The van der Waals surface area contributed by atoms with Gasteiger partial charge in [-0.05, 0) is 13.3 Å². The summed E-state index contributed by atoms with van der Waals surface area (Å²) in [6.07, 6.45) is -4.36. The third-order valence-electron chi connectivity index (χ3n) is 2.52. The molecule has 112 valence electrons. The molecule has 0 aliphatic heterocycles. The number of carbonyl (C=O) groups is 2. The average Bonchev–Trinajstić information content (AvgIpc) is 2.72. The fourth-order valence-corrected chi connectivity index (χ4v) is 1.41. The van der Waals surface area contributed by atoms with E-state index in [0.717, 1.165) is 0 Å². The number of amides is 1. The molecular weight excluding hydrogens is 281 g/mol. The zero-order valence-corrected chi connectivity index (χ0v) is 10.7. The van der Waals surface area contributed by atoms with E-state index in [4.69, 9.17) is 5.11 Å². The maximum Gasteiger partial charge on any atom is 0.435 e. The highest BCUT2D eigenvalue weighted by Crippen LogP contribution is 2.31.